The fourth-order valence-corrected chi connectivity index (χ4v) is 4.10. The first-order valence-electron chi connectivity index (χ1n) is 10.8. The van der Waals surface area contributed by atoms with Gasteiger partial charge in [0.25, 0.3) is 0 Å². The van der Waals surface area contributed by atoms with E-state index in [4.69, 9.17) is 18.9 Å². The SMILES string of the molecule is CCOC(=O)C1=C(C=O)/C(=C\CN2C=CNC2)c2c(cc3c(c2OC)C[C@@H](C(C)(C)O)O3)O1. The molecule has 0 spiro atoms. The van der Waals surface area contributed by atoms with Crippen LogP contribution < -0.4 is 19.5 Å². The number of aliphatic hydroxyl groups is 1. The van der Waals surface area contributed by atoms with Crippen LogP contribution in [0.1, 0.15) is 31.9 Å². The smallest absolute Gasteiger partial charge is 0.375 e. The lowest BCUT2D eigenvalue weighted by atomic mass is 9.89. The van der Waals surface area contributed by atoms with Crippen LogP contribution in [0, 0.1) is 0 Å². The maximum atomic E-state index is 12.6. The highest BCUT2D eigenvalue weighted by atomic mass is 16.6. The molecule has 0 unspecified atom stereocenters. The zero-order chi connectivity index (χ0) is 23.8. The third-order valence-corrected chi connectivity index (χ3v) is 5.78. The zero-order valence-corrected chi connectivity index (χ0v) is 19.1. The van der Waals surface area contributed by atoms with Gasteiger partial charge < -0.3 is 34.3 Å². The van der Waals surface area contributed by atoms with E-state index < -0.39 is 17.7 Å². The molecule has 1 aromatic carbocycles. The van der Waals surface area contributed by atoms with Gasteiger partial charge in [0, 0.05) is 42.6 Å². The number of allylic oxidation sites excluding steroid dienone is 2. The Hall–Kier alpha value is -3.46. The first-order valence-corrected chi connectivity index (χ1v) is 10.8. The molecule has 176 valence electrons. The Labute approximate surface area is 192 Å². The molecule has 0 aliphatic carbocycles. The van der Waals surface area contributed by atoms with Gasteiger partial charge >= 0.3 is 5.97 Å². The van der Waals surface area contributed by atoms with Crippen LogP contribution >= 0.6 is 0 Å². The van der Waals surface area contributed by atoms with Crippen LogP contribution in [0.5, 0.6) is 17.2 Å². The summed E-state index contributed by atoms with van der Waals surface area (Å²) >= 11 is 0. The molecule has 3 aliphatic rings. The van der Waals surface area contributed by atoms with Crippen molar-refractivity contribution in [2.75, 3.05) is 26.9 Å². The van der Waals surface area contributed by atoms with E-state index in [1.54, 1.807) is 26.8 Å². The minimum atomic E-state index is -1.08. The topological polar surface area (TPSA) is 107 Å². The molecule has 0 amide bonds. The Kier molecular flexibility index (Phi) is 6.07. The molecule has 9 heteroatoms. The highest BCUT2D eigenvalue weighted by molar-refractivity contribution is 6.09. The summed E-state index contributed by atoms with van der Waals surface area (Å²) in [5.41, 5.74) is 0.851. The van der Waals surface area contributed by atoms with Crippen LogP contribution in [0.4, 0.5) is 0 Å². The van der Waals surface area contributed by atoms with E-state index in [1.807, 2.05) is 23.4 Å². The number of ether oxygens (including phenoxy) is 4. The first-order chi connectivity index (χ1) is 15.8. The molecular formula is C24H28N2O7. The highest BCUT2D eigenvalue weighted by Crippen LogP contribution is 2.51. The molecule has 0 radical (unpaired) electrons. The van der Waals surface area contributed by atoms with Gasteiger partial charge in [0.1, 0.15) is 23.4 Å². The number of nitrogens with one attached hydrogen (secondary N) is 1. The maximum Gasteiger partial charge on any atom is 0.375 e. The average molecular weight is 456 g/mol. The van der Waals surface area contributed by atoms with E-state index in [0.29, 0.717) is 54.3 Å². The normalized spacial score (nSPS) is 20.1. The predicted molar refractivity (Wildman–Crippen MR) is 120 cm³/mol. The number of hydrogen-bond acceptors (Lipinski definition) is 9. The number of aldehydes is 1. The number of nitrogens with zero attached hydrogens (tertiary/aromatic N) is 1. The van der Waals surface area contributed by atoms with Gasteiger partial charge in [0.15, 0.2) is 6.29 Å². The van der Waals surface area contributed by atoms with Crippen LogP contribution in [0.3, 0.4) is 0 Å². The van der Waals surface area contributed by atoms with Crippen LogP contribution in [-0.4, -0.2) is 60.9 Å². The number of esters is 1. The molecule has 0 bridgehead atoms. The van der Waals surface area contributed by atoms with Gasteiger partial charge in [0.05, 0.1) is 37.1 Å². The summed E-state index contributed by atoms with van der Waals surface area (Å²) in [6.45, 7) is 6.29. The Morgan fingerprint density at radius 1 is 1.39 bits per heavy atom. The monoisotopic (exact) mass is 456 g/mol. The molecule has 1 aromatic rings. The molecule has 4 rings (SSSR count). The van der Waals surface area contributed by atoms with Gasteiger partial charge in [-0.15, -0.1) is 0 Å². The second-order valence-corrected chi connectivity index (χ2v) is 8.47. The Balaban J connectivity index is 1.87. The number of hydrogen-bond donors (Lipinski definition) is 2. The summed E-state index contributed by atoms with van der Waals surface area (Å²) in [7, 11) is 1.53. The van der Waals surface area contributed by atoms with Crippen molar-refractivity contribution in [3.63, 3.8) is 0 Å². The minimum Gasteiger partial charge on any atom is -0.496 e. The van der Waals surface area contributed by atoms with Gasteiger partial charge in [-0.2, -0.15) is 0 Å². The Bertz CT molecular complexity index is 1070. The molecule has 0 saturated heterocycles. The molecule has 33 heavy (non-hydrogen) atoms. The average Bonchev–Trinajstić information content (AvgIpc) is 3.44. The molecule has 0 fully saturated rings. The molecule has 0 saturated carbocycles. The molecule has 3 heterocycles. The van der Waals surface area contributed by atoms with Crippen LogP contribution in [0.15, 0.2) is 35.9 Å². The lowest BCUT2D eigenvalue weighted by Gasteiger charge is -2.26. The molecule has 9 nitrogen and oxygen atoms in total. The highest BCUT2D eigenvalue weighted by Gasteiger charge is 2.41. The van der Waals surface area contributed by atoms with Crippen molar-refractivity contribution < 1.29 is 33.6 Å². The summed E-state index contributed by atoms with van der Waals surface area (Å²) in [6.07, 6.45) is 6.13. The van der Waals surface area contributed by atoms with Gasteiger partial charge in [-0.05, 0) is 20.8 Å². The number of benzene rings is 1. The van der Waals surface area contributed by atoms with Crippen molar-refractivity contribution in [2.45, 2.75) is 38.9 Å². The quantitative estimate of drug-likeness (QED) is 0.470. The first kappa shape index (κ1) is 22.7. The molecule has 1 atom stereocenters. The van der Waals surface area contributed by atoms with E-state index >= 15 is 0 Å². The van der Waals surface area contributed by atoms with Crippen LogP contribution in [0.2, 0.25) is 0 Å². The predicted octanol–water partition coefficient (Wildman–Crippen LogP) is 1.90. The van der Waals surface area contributed by atoms with Crippen molar-refractivity contribution in [3.8, 4) is 17.2 Å². The van der Waals surface area contributed by atoms with Crippen LogP contribution in [0.25, 0.3) is 5.57 Å². The Morgan fingerprint density at radius 3 is 2.79 bits per heavy atom. The van der Waals surface area contributed by atoms with Crippen molar-refractivity contribution in [1.29, 1.82) is 0 Å². The van der Waals surface area contributed by atoms with E-state index in [2.05, 4.69) is 5.32 Å². The summed E-state index contributed by atoms with van der Waals surface area (Å²) in [5.74, 6) is 0.393. The summed E-state index contributed by atoms with van der Waals surface area (Å²) in [6, 6.07) is 1.67. The number of methoxy groups -OCH3 is 1. The lowest BCUT2D eigenvalue weighted by molar-refractivity contribution is -0.141. The number of rotatable bonds is 7. The molecule has 3 aliphatic heterocycles. The summed E-state index contributed by atoms with van der Waals surface area (Å²) < 4.78 is 22.8. The van der Waals surface area contributed by atoms with Crippen LogP contribution in [-0.2, 0) is 20.7 Å². The Morgan fingerprint density at radius 2 is 2.18 bits per heavy atom. The van der Waals surface area contributed by atoms with E-state index in [9.17, 15) is 14.7 Å². The van der Waals surface area contributed by atoms with Crippen molar-refractivity contribution in [3.05, 3.63) is 47.0 Å². The van der Waals surface area contributed by atoms with Crippen molar-refractivity contribution in [2.24, 2.45) is 0 Å². The van der Waals surface area contributed by atoms with Crippen molar-refractivity contribution >= 4 is 17.8 Å². The zero-order valence-electron chi connectivity index (χ0n) is 19.1. The summed E-state index contributed by atoms with van der Waals surface area (Å²) in [4.78, 5) is 26.8. The molecule has 2 N–H and O–H groups in total. The lowest BCUT2D eigenvalue weighted by Crippen LogP contribution is -2.39. The largest absolute Gasteiger partial charge is 0.496 e. The third kappa shape index (κ3) is 4.16. The maximum absolute atomic E-state index is 12.6. The number of carbonyl (C=O) groups excluding carboxylic acids is 2. The summed E-state index contributed by atoms with van der Waals surface area (Å²) in [5, 5.41) is 13.6. The van der Waals surface area contributed by atoms with Crippen molar-refractivity contribution in [1.82, 2.24) is 10.2 Å². The third-order valence-electron chi connectivity index (χ3n) is 5.78. The standard InChI is InChI=1S/C24H28N2O7/c1-5-31-23(28)22-16(12-27)14(6-8-26-9-7-25-13-26)20-18(33-22)11-17-15(21(20)30-4)10-19(32-17)24(2,3)29/h6-7,9,11-12,19,25,29H,5,8,10,13H2,1-4H3/b14-6+/t19-/m0/s1. The van der Waals surface area contributed by atoms with Gasteiger partial charge in [0.2, 0.25) is 5.76 Å². The van der Waals surface area contributed by atoms with Gasteiger partial charge in [-0.25, -0.2) is 4.79 Å². The minimum absolute atomic E-state index is 0.0910. The number of fused-ring (bicyclic) bond motifs is 2. The fraction of sp³-hybridized carbons (Fsp3) is 0.417. The fourth-order valence-electron chi connectivity index (χ4n) is 4.10. The van der Waals surface area contributed by atoms with Gasteiger partial charge in [-0.1, -0.05) is 6.08 Å². The van der Waals surface area contributed by atoms with E-state index in [1.165, 1.54) is 7.11 Å². The second-order valence-electron chi connectivity index (χ2n) is 8.47. The number of carbonyl (C=O) groups is 2. The molecular weight excluding hydrogens is 428 g/mol. The van der Waals surface area contributed by atoms with Gasteiger partial charge in [-0.3, -0.25) is 4.79 Å². The van der Waals surface area contributed by atoms with E-state index in [-0.39, 0.29) is 17.9 Å². The second kappa shape index (κ2) is 8.82. The molecule has 0 aromatic heterocycles. The van der Waals surface area contributed by atoms with E-state index in [0.717, 1.165) is 5.56 Å².